The Kier molecular flexibility index (Phi) is 3.89. The van der Waals surface area contributed by atoms with E-state index in [1.807, 2.05) is 0 Å². The lowest BCUT2D eigenvalue weighted by atomic mass is 10.1. The number of para-hydroxylation sites is 1. The molecule has 2 aromatic rings. The Bertz CT molecular complexity index is 644. The first-order valence-electron chi connectivity index (χ1n) is 6.13. The highest BCUT2D eigenvalue weighted by atomic mass is 19.1. The average molecular weight is 274 g/mol. The van der Waals surface area contributed by atoms with Crippen LogP contribution in [-0.2, 0) is 0 Å². The summed E-state index contributed by atoms with van der Waals surface area (Å²) in [5, 5.41) is 12.1. The summed E-state index contributed by atoms with van der Waals surface area (Å²) in [5.41, 5.74) is 6.93. The molecular weight excluding hydrogens is 259 g/mol. The molecule has 2 rings (SSSR count). The number of halogens is 1. The molecule has 0 aliphatic heterocycles. The zero-order chi connectivity index (χ0) is 14.7. The number of carboxylic acids is 1. The van der Waals surface area contributed by atoms with E-state index < -0.39 is 12.0 Å². The van der Waals surface area contributed by atoms with Crippen LogP contribution in [0.4, 0.5) is 15.8 Å². The van der Waals surface area contributed by atoms with E-state index in [4.69, 9.17) is 10.8 Å². The molecule has 20 heavy (non-hydrogen) atoms. The van der Waals surface area contributed by atoms with Gasteiger partial charge in [-0.3, -0.25) is 0 Å². The van der Waals surface area contributed by atoms with Crippen LogP contribution in [0.2, 0.25) is 0 Å². The molecule has 0 heterocycles. The fourth-order valence-electron chi connectivity index (χ4n) is 2.03. The van der Waals surface area contributed by atoms with Crippen molar-refractivity contribution >= 4 is 17.3 Å². The lowest BCUT2D eigenvalue weighted by Gasteiger charge is -2.19. The second-order valence-corrected chi connectivity index (χ2v) is 4.46. The lowest BCUT2D eigenvalue weighted by molar-refractivity contribution is 0.0698. The van der Waals surface area contributed by atoms with Crippen LogP contribution in [0.5, 0.6) is 0 Å². The van der Waals surface area contributed by atoms with E-state index in [2.05, 4.69) is 5.32 Å². The van der Waals surface area contributed by atoms with Gasteiger partial charge in [-0.15, -0.1) is 0 Å². The molecule has 1 unspecified atom stereocenters. The Morgan fingerprint density at radius 2 is 1.95 bits per heavy atom. The van der Waals surface area contributed by atoms with E-state index in [-0.39, 0.29) is 11.4 Å². The van der Waals surface area contributed by atoms with Gasteiger partial charge >= 0.3 is 5.97 Å². The summed E-state index contributed by atoms with van der Waals surface area (Å²) in [6, 6.07) is 10.6. The second-order valence-electron chi connectivity index (χ2n) is 4.46. The van der Waals surface area contributed by atoms with Crippen molar-refractivity contribution in [2.45, 2.75) is 13.0 Å². The fraction of sp³-hybridized carbons (Fsp3) is 0.133. The molecule has 0 spiro atoms. The van der Waals surface area contributed by atoms with Gasteiger partial charge in [0.2, 0.25) is 0 Å². The van der Waals surface area contributed by atoms with Gasteiger partial charge in [0, 0.05) is 5.56 Å². The second kappa shape index (κ2) is 5.61. The minimum Gasteiger partial charge on any atom is -0.478 e. The van der Waals surface area contributed by atoms with Crippen LogP contribution < -0.4 is 11.1 Å². The number of nitrogens with one attached hydrogen (secondary N) is 1. The van der Waals surface area contributed by atoms with Gasteiger partial charge in [-0.25, -0.2) is 9.18 Å². The Morgan fingerprint density at radius 3 is 2.60 bits per heavy atom. The van der Waals surface area contributed by atoms with Crippen molar-refractivity contribution in [3.63, 3.8) is 0 Å². The quantitative estimate of drug-likeness (QED) is 0.748. The molecule has 104 valence electrons. The molecule has 2 aromatic carbocycles. The molecule has 0 radical (unpaired) electrons. The highest BCUT2D eigenvalue weighted by Crippen LogP contribution is 2.28. The summed E-state index contributed by atoms with van der Waals surface area (Å²) in [6.07, 6.45) is 0. The topological polar surface area (TPSA) is 75.3 Å². The van der Waals surface area contributed by atoms with Gasteiger partial charge in [0.05, 0.1) is 23.0 Å². The van der Waals surface area contributed by atoms with Crippen LogP contribution in [0.1, 0.15) is 28.9 Å². The third kappa shape index (κ3) is 2.71. The number of anilines is 2. The summed E-state index contributed by atoms with van der Waals surface area (Å²) >= 11 is 0. The molecule has 0 aliphatic carbocycles. The molecule has 4 N–H and O–H groups in total. The maximum Gasteiger partial charge on any atom is 0.337 e. The average Bonchev–Trinajstić information content (AvgIpc) is 2.41. The number of nitrogen functional groups attached to an aromatic ring is 1. The van der Waals surface area contributed by atoms with Crippen molar-refractivity contribution in [1.29, 1.82) is 0 Å². The van der Waals surface area contributed by atoms with Crippen molar-refractivity contribution in [2.24, 2.45) is 0 Å². The van der Waals surface area contributed by atoms with Crippen molar-refractivity contribution in [3.05, 3.63) is 59.4 Å². The fourth-order valence-corrected chi connectivity index (χ4v) is 2.03. The molecule has 0 aliphatic rings. The summed E-state index contributed by atoms with van der Waals surface area (Å²) in [5.74, 6) is -1.43. The van der Waals surface area contributed by atoms with Gasteiger partial charge < -0.3 is 16.2 Å². The van der Waals surface area contributed by atoms with E-state index >= 15 is 0 Å². The third-order valence-corrected chi connectivity index (χ3v) is 3.06. The number of nitrogens with two attached hydrogens (primary N) is 1. The first-order chi connectivity index (χ1) is 9.50. The van der Waals surface area contributed by atoms with E-state index in [9.17, 15) is 9.18 Å². The Balaban J connectivity index is 2.35. The maximum absolute atomic E-state index is 13.7. The summed E-state index contributed by atoms with van der Waals surface area (Å²) in [6.45, 7) is 1.75. The van der Waals surface area contributed by atoms with Gasteiger partial charge in [0.25, 0.3) is 0 Å². The predicted molar refractivity (Wildman–Crippen MR) is 76.3 cm³/mol. The van der Waals surface area contributed by atoms with Crippen molar-refractivity contribution in [1.82, 2.24) is 0 Å². The largest absolute Gasteiger partial charge is 0.478 e. The Morgan fingerprint density at radius 1 is 1.25 bits per heavy atom. The van der Waals surface area contributed by atoms with E-state index in [1.54, 1.807) is 37.3 Å². The van der Waals surface area contributed by atoms with Crippen molar-refractivity contribution in [3.8, 4) is 0 Å². The number of hydrogen-bond acceptors (Lipinski definition) is 3. The zero-order valence-corrected chi connectivity index (χ0v) is 10.9. The third-order valence-electron chi connectivity index (χ3n) is 3.06. The number of carbonyl (C=O) groups is 1. The van der Waals surface area contributed by atoms with Gasteiger partial charge in [-0.2, -0.15) is 0 Å². The first kappa shape index (κ1) is 13.9. The monoisotopic (exact) mass is 274 g/mol. The molecule has 0 fully saturated rings. The van der Waals surface area contributed by atoms with E-state index in [0.717, 1.165) is 0 Å². The lowest BCUT2D eigenvalue weighted by Crippen LogP contribution is -2.13. The molecule has 4 nitrogen and oxygen atoms in total. The number of hydrogen-bond donors (Lipinski definition) is 3. The van der Waals surface area contributed by atoms with Gasteiger partial charge in [0.1, 0.15) is 5.82 Å². The molecule has 0 aromatic heterocycles. The molecular formula is C15H15FN2O2. The maximum atomic E-state index is 13.7. The molecule has 5 heteroatoms. The van der Waals surface area contributed by atoms with Crippen LogP contribution >= 0.6 is 0 Å². The summed E-state index contributed by atoms with van der Waals surface area (Å²) in [4.78, 5) is 11.2. The molecule has 0 saturated carbocycles. The minimum atomic E-state index is -1.08. The number of benzene rings is 2. The first-order valence-corrected chi connectivity index (χ1v) is 6.13. The Labute approximate surface area is 116 Å². The Hall–Kier alpha value is -2.56. The summed E-state index contributed by atoms with van der Waals surface area (Å²) < 4.78 is 13.7. The number of rotatable bonds is 4. The molecule has 1 atom stereocenters. The van der Waals surface area contributed by atoms with Crippen molar-refractivity contribution < 1.29 is 14.3 Å². The smallest absolute Gasteiger partial charge is 0.337 e. The van der Waals surface area contributed by atoms with Crippen LogP contribution in [0.25, 0.3) is 0 Å². The van der Waals surface area contributed by atoms with Crippen LogP contribution in [-0.4, -0.2) is 11.1 Å². The highest BCUT2D eigenvalue weighted by molar-refractivity contribution is 5.97. The normalized spacial score (nSPS) is 11.9. The van der Waals surface area contributed by atoms with Gasteiger partial charge in [0.15, 0.2) is 0 Å². The number of aromatic carboxylic acids is 1. The molecule has 0 bridgehead atoms. The number of carboxylic acid groups (broad SMARTS) is 1. The molecule has 0 amide bonds. The van der Waals surface area contributed by atoms with E-state index in [0.29, 0.717) is 16.9 Å². The molecule has 0 saturated heterocycles. The zero-order valence-electron chi connectivity index (χ0n) is 10.9. The standard InChI is InChI=1S/C15H15FN2O2/c1-9(10-5-2-3-7-12(10)16)18-14-11(15(19)20)6-4-8-13(14)17/h2-9,18H,17H2,1H3,(H,19,20). The van der Waals surface area contributed by atoms with Gasteiger partial charge in [-0.1, -0.05) is 24.3 Å². The van der Waals surface area contributed by atoms with Crippen molar-refractivity contribution in [2.75, 3.05) is 11.1 Å². The SMILES string of the molecule is CC(Nc1c(N)cccc1C(=O)O)c1ccccc1F. The van der Waals surface area contributed by atoms with Crippen LogP contribution in [0, 0.1) is 5.82 Å². The minimum absolute atomic E-state index is 0.0631. The van der Waals surface area contributed by atoms with Crippen LogP contribution in [0.3, 0.4) is 0 Å². The summed E-state index contributed by atoms with van der Waals surface area (Å²) in [7, 11) is 0. The highest BCUT2D eigenvalue weighted by Gasteiger charge is 2.16. The van der Waals surface area contributed by atoms with Gasteiger partial charge in [-0.05, 0) is 25.1 Å². The predicted octanol–water partition coefficient (Wildman–Crippen LogP) is 3.28. The van der Waals surface area contributed by atoms with E-state index in [1.165, 1.54) is 12.1 Å². The van der Waals surface area contributed by atoms with Crippen LogP contribution in [0.15, 0.2) is 42.5 Å².